The molecule has 1 aromatic heterocycles. The summed E-state index contributed by atoms with van der Waals surface area (Å²) in [4.78, 5) is 0. The van der Waals surface area contributed by atoms with E-state index in [1.165, 1.54) is 0 Å². The largest absolute Gasteiger partial charge is 0.498 e. The summed E-state index contributed by atoms with van der Waals surface area (Å²) in [7, 11) is -0.340. The van der Waals surface area contributed by atoms with Crippen molar-refractivity contribution in [1.29, 1.82) is 0 Å². The predicted molar refractivity (Wildman–Crippen MR) is 74.2 cm³/mol. The Morgan fingerprint density at radius 3 is 2.32 bits per heavy atom. The molecule has 19 heavy (non-hydrogen) atoms. The molecule has 0 spiro atoms. The molecule has 1 aromatic rings. The van der Waals surface area contributed by atoms with Crippen molar-refractivity contribution in [3.8, 4) is 0 Å². The van der Waals surface area contributed by atoms with Gasteiger partial charge < -0.3 is 15.0 Å². The highest BCUT2D eigenvalue weighted by Crippen LogP contribution is 2.41. The van der Waals surface area contributed by atoms with Crippen LogP contribution in [-0.4, -0.2) is 34.6 Å². The van der Waals surface area contributed by atoms with E-state index in [0.29, 0.717) is 6.54 Å². The van der Waals surface area contributed by atoms with Gasteiger partial charge in [0.25, 0.3) is 0 Å². The lowest BCUT2D eigenvalue weighted by molar-refractivity contribution is 0.00578. The summed E-state index contributed by atoms with van der Waals surface area (Å²) in [5.74, 6) is 0. The van der Waals surface area contributed by atoms with Crippen LogP contribution in [0, 0.1) is 0 Å². The van der Waals surface area contributed by atoms with Gasteiger partial charge in [-0.3, -0.25) is 4.68 Å². The maximum absolute atomic E-state index is 6.02. The normalized spacial score (nSPS) is 26.7. The zero-order valence-corrected chi connectivity index (χ0v) is 12.1. The van der Waals surface area contributed by atoms with Crippen LogP contribution in [0.1, 0.15) is 40.5 Å². The standard InChI is InChI=1S/C13H22BN3O2/c1-11(2)12(3,4)19-14(18-11)10-7-16-17(8-10)13(9-15)5-6-13/h7-8H,5-6,9,15H2,1-4H3. The van der Waals surface area contributed by atoms with Gasteiger partial charge in [-0.2, -0.15) is 5.10 Å². The van der Waals surface area contributed by atoms with Gasteiger partial charge in [0.05, 0.1) is 16.7 Å². The van der Waals surface area contributed by atoms with Crippen LogP contribution in [0.25, 0.3) is 0 Å². The molecule has 1 aliphatic carbocycles. The Kier molecular flexibility index (Phi) is 2.66. The Bertz CT molecular complexity index is 478. The first kappa shape index (κ1) is 13.2. The van der Waals surface area contributed by atoms with E-state index in [4.69, 9.17) is 15.0 Å². The molecule has 0 aromatic carbocycles. The van der Waals surface area contributed by atoms with E-state index in [2.05, 4.69) is 32.8 Å². The molecule has 0 bridgehead atoms. The summed E-state index contributed by atoms with van der Waals surface area (Å²) in [5.41, 5.74) is 6.21. The third kappa shape index (κ3) is 1.93. The van der Waals surface area contributed by atoms with E-state index >= 15 is 0 Å². The highest BCUT2D eigenvalue weighted by molar-refractivity contribution is 6.62. The zero-order valence-electron chi connectivity index (χ0n) is 12.1. The summed E-state index contributed by atoms with van der Waals surface area (Å²) >= 11 is 0. The smallest absolute Gasteiger partial charge is 0.399 e. The van der Waals surface area contributed by atoms with Crippen LogP contribution >= 0.6 is 0 Å². The number of nitrogens with zero attached hydrogens (tertiary/aromatic N) is 2. The molecule has 0 unspecified atom stereocenters. The lowest BCUT2D eigenvalue weighted by Crippen LogP contribution is -2.41. The molecule has 0 radical (unpaired) electrons. The van der Waals surface area contributed by atoms with Crippen LogP contribution in [0.5, 0.6) is 0 Å². The molecule has 0 amide bonds. The summed E-state index contributed by atoms with van der Waals surface area (Å²) in [6.45, 7) is 8.86. The Morgan fingerprint density at radius 1 is 1.26 bits per heavy atom. The second kappa shape index (κ2) is 3.84. The Balaban J connectivity index is 1.82. The molecule has 3 rings (SSSR count). The molecule has 6 heteroatoms. The van der Waals surface area contributed by atoms with Crippen LogP contribution in [0.15, 0.2) is 12.4 Å². The lowest BCUT2D eigenvalue weighted by Gasteiger charge is -2.32. The fraction of sp³-hybridized carbons (Fsp3) is 0.769. The van der Waals surface area contributed by atoms with Crippen molar-refractivity contribution in [3.05, 3.63) is 12.4 Å². The second-order valence-electron chi connectivity index (χ2n) is 6.73. The first-order valence-electron chi connectivity index (χ1n) is 6.90. The van der Waals surface area contributed by atoms with E-state index in [1.54, 1.807) is 0 Å². The molecule has 5 nitrogen and oxygen atoms in total. The van der Waals surface area contributed by atoms with E-state index < -0.39 is 0 Å². The van der Waals surface area contributed by atoms with Crippen LogP contribution in [-0.2, 0) is 14.8 Å². The average Bonchev–Trinajstić information content (AvgIpc) is 2.89. The lowest BCUT2D eigenvalue weighted by atomic mass is 9.82. The molecule has 1 saturated heterocycles. The van der Waals surface area contributed by atoms with E-state index in [-0.39, 0.29) is 23.9 Å². The van der Waals surface area contributed by atoms with Crippen molar-refractivity contribution in [3.63, 3.8) is 0 Å². The number of rotatable bonds is 3. The first-order valence-corrected chi connectivity index (χ1v) is 6.90. The van der Waals surface area contributed by atoms with Gasteiger partial charge >= 0.3 is 7.12 Å². The average molecular weight is 263 g/mol. The van der Waals surface area contributed by atoms with Crippen LogP contribution in [0.3, 0.4) is 0 Å². The molecule has 0 atom stereocenters. The molecule has 2 heterocycles. The van der Waals surface area contributed by atoms with Crippen molar-refractivity contribution >= 4 is 12.6 Å². The topological polar surface area (TPSA) is 62.3 Å². The van der Waals surface area contributed by atoms with Crippen molar-refractivity contribution in [2.24, 2.45) is 5.73 Å². The molecule has 1 aliphatic heterocycles. The van der Waals surface area contributed by atoms with Crippen LogP contribution in [0.4, 0.5) is 0 Å². The van der Waals surface area contributed by atoms with Crippen LogP contribution < -0.4 is 11.2 Å². The quantitative estimate of drug-likeness (QED) is 0.812. The fourth-order valence-corrected chi connectivity index (χ4v) is 2.37. The minimum Gasteiger partial charge on any atom is -0.399 e. The van der Waals surface area contributed by atoms with Crippen molar-refractivity contribution < 1.29 is 9.31 Å². The van der Waals surface area contributed by atoms with E-state index in [1.807, 2.05) is 17.1 Å². The van der Waals surface area contributed by atoms with E-state index in [0.717, 1.165) is 18.3 Å². The van der Waals surface area contributed by atoms with Crippen molar-refractivity contribution in [1.82, 2.24) is 9.78 Å². The fourth-order valence-electron chi connectivity index (χ4n) is 2.37. The summed E-state index contributed by atoms with van der Waals surface area (Å²) < 4.78 is 14.0. The third-order valence-electron chi connectivity index (χ3n) is 4.82. The predicted octanol–water partition coefficient (Wildman–Crippen LogP) is 0.630. The first-order chi connectivity index (χ1) is 8.80. The Labute approximate surface area is 114 Å². The molecule has 1 saturated carbocycles. The molecular weight excluding hydrogens is 241 g/mol. The van der Waals surface area contributed by atoms with Gasteiger partial charge in [-0.1, -0.05) is 0 Å². The van der Waals surface area contributed by atoms with Gasteiger partial charge in [0.1, 0.15) is 0 Å². The van der Waals surface area contributed by atoms with Crippen molar-refractivity contribution in [2.75, 3.05) is 6.54 Å². The third-order valence-corrected chi connectivity index (χ3v) is 4.82. The minimum atomic E-state index is -0.340. The number of hydrogen-bond acceptors (Lipinski definition) is 4. The zero-order chi connectivity index (χ0) is 13.9. The van der Waals surface area contributed by atoms with Crippen molar-refractivity contribution in [2.45, 2.75) is 57.3 Å². The summed E-state index contributed by atoms with van der Waals surface area (Å²) in [6.07, 6.45) is 6.06. The maximum Gasteiger partial charge on any atom is 0.498 e. The van der Waals surface area contributed by atoms with Gasteiger partial charge in [0.2, 0.25) is 0 Å². The summed E-state index contributed by atoms with van der Waals surface area (Å²) in [5, 5.41) is 4.44. The molecular formula is C13H22BN3O2. The highest BCUT2D eigenvalue weighted by Gasteiger charge is 2.52. The second-order valence-corrected chi connectivity index (χ2v) is 6.73. The molecule has 2 aliphatic rings. The van der Waals surface area contributed by atoms with Crippen LogP contribution in [0.2, 0.25) is 0 Å². The molecule has 2 N–H and O–H groups in total. The Hall–Kier alpha value is -0.845. The van der Waals surface area contributed by atoms with Gasteiger partial charge in [-0.15, -0.1) is 0 Å². The van der Waals surface area contributed by atoms with Gasteiger partial charge in [-0.25, -0.2) is 0 Å². The minimum absolute atomic E-state index is 0.0435. The van der Waals surface area contributed by atoms with Gasteiger partial charge in [0.15, 0.2) is 0 Å². The Morgan fingerprint density at radius 2 is 1.84 bits per heavy atom. The highest BCUT2D eigenvalue weighted by atomic mass is 16.7. The van der Waals surface area contributed by atoms with Gasteiger partial charge in [-0.05, 0) is 40.5 Å². The maximum atomic E-state index is 6.02. The number of aromatic nitrogens is 2. The molecule has 2 fully saturated rings. The van der Waals surface area contributed by atoms with E-state index in [9.17, 15) is 0 Å². The monoisotopic (exact) mass is 263 g/mol. The summed E-state index contributed by atoms with van der Waals surface area (Å²) in [6, 6.07) is 0. The molecule has 104 valence electrons. The number of nitrogens with two attached hydrogens (primary N) is 1. The SMILES string of the molecule is CC1(C)OB(c2cnn(C3(CN)CC3)c2)OC1(C)C. The number of hydrogen-bond donors (Lipinski definition) is 1. The van der Waals surface area contributed by atoms with Gasteiger partial charge in [0, 0.05) is 24.4 Å².